The zero-order chi connectivity index (χ0) is 12.7. The van der Waals surface area contributed by atoms with Crippen LogP contribution in [0.25, 0.3) is 11.0 Å². The molecule has 2 aromatic rings. The Balaban J connectivity index is 2.19. The van der Waals surface area contributed by atoms with Gasteiger partial charge in [-0.1, -0.05) is 24.1 Å². The molecule has 1 fully saturated rings. The van der Waals surface area contributed by atoms with E-state index < -0.39 is 0 Å². The Morgan fingerprint density at radius 2 is 2.28 bits per heavy atom. The number of hydrogen-bond donors (Lipinski definition) is 1. The van der Waals surface area contributed by atoms with Crippen molar-refractivity contribution in [2.24, 2.45) is 0 Å². The lowest BCUT2D eigenvalue weighted by molar-refractivity contribution is 0.550. The number of benzene rings is 1. The summed E-state index contributed by atoms with van der Waals surface area (Å²) in [5, 5.41) is 1.35. The van der Waals surface area contributed by atoms with Crippen molar-refractivity contribution in [2.45, 2.75) is 30.6 Å². The Morgan fingerprint density at radius 1 is 1.44 bits per heavy atom. The second kappa shape index (κ2) is 4.67. The van der Waals surface area contributed by atoms with E-state index in [9.17, 15) is 0 Å². The Kier molecular flexibility index (Phi) is 3.16. The molecule has 1 aliphatic carbocycles. The minimum absolute atomic E-state index is 0.421. The molecule has 5 heteroatoms. The molecule has 3 rings (SSSR count). The summed E-state index contributed by atoms with van der Waals surface area (Å²) in [6.07, 6.45) is 5.82. The molecule has 0 bridgehead atoms. The monoisotopic (exact) mass is 281 g/mol. The largest absolute Gasteiger partial charge is 0.369 e. The molecule has 0 saturated heterocycles. The topological polar surface area (TPSA) is 43.8 Å². The average Bonchev–Trinajstić information content (AvgIpc) is 2.92. The number of rotatable bonds is 2. The quantitative estimate of drug-likeness (QED) is 0.912. The molecule has 2 N–H and O–H groups in total. The van der Waals surface area contributed by atoms with Gasteiger partial charge < -0.3 is 10.3 Å². The molecule has 0 radical (unpaired) electrons. The molecule has 1 aromatic carbocycles. The van der Waals surface area contributed by atoms with E-state index in [4.69, 9.17) is 17.3 Å². The minimum atomic E-state index is 0.421. The summed E-state index contributed by atoms with van der Waals surface area (Å²) < 4.78 is 2.14. The fourth-order valence-electron chi connectivity index (χ4n) is 2.94. The van der Waals surface area contributed by atoms with Crippen molar-refractivity contribution >= 4 is 40.3 Å². The van der Waals surface area contributed by atoms with Gasteiger partial charge in [0, 0.05) is 11.3 Å². The van der Waals surface area contributed by atoms with Gasteiger partial charge in [-0.3, -0.25) is 0 Å². The molecule has 1 aromatic heterocycles. The number of imidazole rings is 1. The van der Waals surface area contributed by atoms with Gasteiger partial charge in [0.15, 0.2) is 0 Å². The first-order valence-corrected chi connectivity index (χ1v) is 7.83. The summed E-state index contributed by atoms with van der Waals surface area (Å²) in [5.41, 5.74) is 7.99. The van der Waals surface area contributed by atoms with Crippen LogP contribution in [0.2, 0.25) is 5.02 Å². The van der Waals surface area contributed by atoms with Gasteiger partial charge in [0.2, 0.25) is 5.95 Å². The third-order valence-electron chi connectivity index (χ3n) is 3.74. The SMILES string of the molecule is CSC1CCCC1n1c(N)nc2cccc(Cl)c21. The van der Waals surface area contributed by atoms with Crippen LogP contribution in [0.5, 0.6) is 0 Å². The summed E-state index contributed by atoms with van der Waals surface area (Å²) in [6, 6.07) is 6.22. The summed E-state index contributed by atoms with van der Waals surface area (Å²) in [7, 11) is 0. The molecule has 0 amide bonds. The molecule has 1 heterocycles. The van der Waals surface area contributed by atoms with Crippen molar-refractivity contribution < 1.29 is 0 Å². The maximum absolute atomic E-state index is 6.32. The van der Waals surface area contributed by atoms with E-state index in [0.29, 0.717) is 17.2 Å². The van der Waals surface area contributed by atoms with Crippen LogP contribution in [0.1, 0.15) is 25.3 Å². The number of hydrogen-bond acceptors (Lipinski definition) is 3. The lowest BCUT2D eigenvalue weighted by Crippen LogP contribution is -2.17. The number of anilines is 1. The van der Waals surface area contributed by atoms with E-state index in [-0.39, 0.29) is 0 Å². The second-order valence-corrected chi connectivity index (χ2v) is 6.20. The van der Waals surface area contributed by atoms with Gasteiger partial charge in [-0.25, -0.2) is 4.98 Å². The molecule has 3 nitrogen and oxygen atoms in total. The fraction of sp³-hybridized carbons (Fsp3) is 0.462. The molecule has 0 spiro atoms. The predicted molar refractivity (Wildman–Crippen MR) is 79.3 cm³/mol. The van der Waals surface area contributed by atoms with Crippen molar-refractivity contribution in [3.8, 4) is 0 Å². The lowest BCUT2D eigenvalue weighted by Gasteiger charge is -2.21. The molecule has 96 valence electrons. The summed E-state index contributed by atoms with van der Waals surface area (Å²) in [6.45, 7) is 0. The maximum atomic E-state index is 6.32. The van der Waals surface area contributed by atoms with Gasteiger partial charge in [0.25, 0.3) is 0 Å². The Labute approximate surface area is 116 Å². The van der Waals surface area contributed by atoms with Crippen LogP contribution in [0.3, 0.4) is 0 Å². The van der Waals surface area contributed by atoms with E-state index in [1.54, 1.807) is 0 Å². The van der Waals surface area contributed by atoms with Crippen LogP contribution in [-0.2, 0) is 0 Å². The number of halogens is 1. The number of para-hydroxylation sites is 1. The predicted octanol–water partition coefficient (Wildman–Crippen LogP) is 3.73. The highest BCUT2D eigenvalue weighted by atomic mass is 35.5. The van der Waals surface area contributed by atoms with E-state index in [1.807, 2.05) is 30.0 Å². The average molecular weight is 282 g/mol. The van der Waals surface area contributed by atoms with Gasteiger partial charge in [-0.2, -0.15) is 11.8 Å². The summed E-state index contributed by atoms with van der Waals surface area (Å²) in [5.74, 6) is 0.587. The van der Waals surface area contributed by atoms with Crippen molar-refractivity contribution in [1.29, 1.82) is 0 Å². The number of nitrogens with two attached hydrogens (primary N) is 1. The second-order valence-electron chi connectivity index (χ2n) is 4.72. The fourth-order valence-corrected chi connectivity index (χ4v) is 4.17. The van der Waals surface area contributed by atoms with Crippen molar-refractivity contribution in [2.75, 3.05) is 12.0 Å². The molecular formula is C13H16ClN3S. The van der Waals surface area contributed by atoms with E-state index in [1.165, 1.54) is 12.8 Å². The van der Waals surface area contributed by atoms with Gasteiger partial charge >= 0.3 is 0 Å². The minimum Gasteiger partial charge on any atom is -0.369 e. The van der Waals surface area contributed by atoms with Crippen LogP contribution in [-0.4, -0.2) is 21.1 Å². The third kappa shape index (κ3) is 1.79. The number of nitrogens with zero attached hydrogens (tertiary/aromatic N) is 2. The first kappa shape index (κ1) is 12.2. The summed E-state index contributed by atoms with van der Waals surface area (Å²) in [4.78, 5) is 4.43. The first-order valence-electron chi connectivity index (χ1n) is 6.17. The van der Waals surface area contributed by atoms with E-state index >= 15 is 0 Å². The number of thioether (sulfide) groups is 1. The van der Waals surface area contributed by atoms with Crippen molar-refractivity contribution in [3.63, 3.8) is 0 Å². The zero-order valence-electron chi connectivity index (χ0n) is 10.3. The lowest BCUT2D eigenvalue weighted by atomic mass is 10.2. The molecule has 1 aliphatic rings. The number of fused-ring (bicyclic) bond motifs is 1. The third-order valence-corrected chi connectivity index (χ3v) is 5.20. The van der Waals surface area contributed by atoms with Gasteiger partial charge in [-0.15, -0.1) is 0 Å². The molecule has 18 heavy (non-hydrogen) atoms. The highest BCUT2D eigenvalue weighted by molar-refractivity contribution is 7.99. The Hall–Kier alpha value is -0.870. The smallest absolute Gasteiger partial charge is 0.201 e. The van der Waals surface area contributed by atoms with Gasteiger partial charge in [-0.05, 0) is 31.2 Å². The van der Waals surface area contributed by atoms with Gasteiger partial charge in [0.05, 0.1) is 16.1 Å². The maximum Gasteiger partial charge on any atom is 0.201 e. The number of aromatic nitrogens is 2. The molecule has 2 unspecified atom stereocenters. The normalized spacial score (nSPS) is 23.9. The Bertz CT molecular complexity index is 581. The molecular weight excluding hydrogens is 266 g/mol. The van der Waals surface area contributed by atoms with Crippen LogP contribution in [0.15, 0.2) is 18.2 Å². The Morgan fingerprint density at radius 3 is 3.06 bits per heavy atom. The van der Waals surface area contributed by atoms with Crippen molar-refractivity contribution in [3.05, 3.63) is 23.2 Å². The zero-order valence-corrected chi connectivity index (χ0v) is 11.8. The number of nitrogen functional groups attached to an aromatic ring is 1. The van der Waals surface area contributed by atoms with Crippen LogP contribution >= 0.6 is 23.4 Å². The van der Waals surface area contributed by atoms with Gasteiger partial charge in [0.1, 0.15) is 0 Å². The molecule has 0 aliphatic heterocycles. The molecule has 1 saturated carbocycles. The first-order chi connectivity index (χ1) is 8.72. The van der Waals surface area contributed by atoms with Crippen molar-refractivity contribution in [1.82, 2.24) is 9.55 Å². The standard InChI is InChI=1S/C13H16ClN3S/c1-18-11-7-3-6-10(11)17-12-8(14)4-2-5-9(12)16-13(17)15/h2,4-5,10-11H,3,6-7H2,1H3,(H2,15,16). The van der Waals surface area contributed by atoms with Crippen LogP contribution in [0.4, 0.5) is 5.95 Å². The highest BCUT2D eigenvalue weighted by Gasteiger charge is 2.31. The molecule has 2 atom stereocenters. The van der Waals surface area contributed by atoms with Crippen LogP contribution in [0, 0.1) is 0 Å². The highest BCUT2D eigenvalue weighted by Crippen LogP contribution is 2.41. The van der Waals surface area contributed by atoms with Crippen LogP contribution < -0.4 is 5.73 Å². The van der Waals surface area contributed by atoms with E-state index in [0.717, 1.165) is 22.5 Å². The van der Waals surface area contributed by atoms with E-state index in [2.05, 4.69) is 15.8 Å². The summed E-state index contributed by atoms with van der Waals surface area (Å²) >= 11 is 8.24.